The van der Waals surface area contributed by atoms with Crippen molar-refractivity contribution in [2.45, 2.75) is 25.5 Å². The number of thiophene rings is 1. The summed E-state index contributed by atoms with van der Waals surface area (Å²) in [4.78, 5) is 25.4. The van der Waals surface area contributed by atoms with E-state index in [1.165, 1.54) is 11.9 Å². The number of carbonyl (C=O) groups is 2. The van der Waals surface area contributed by atoms with Crippen LogP contribution in [0.3, 0.4) is 0 Å². The Bertz CT molecular complexity index is 458. The number of hydrogen-bond donors (Lipinski definition) is 3. The average Bonchev–Trinajstić information content (AvgIpc) is 3.11. The third kappa shape index (κ3) is 5.45. The minimum atomic E-state index is -0.465. The standard InChI is InChI=1S/C14H21N3O3S/c1-15-14(19)16-13(18)10-17(8-11-4-2-6-20-11)9-12-5-3-7-21-12/h3,5,7,11H,2,4,6,8-10H2,1H3,(H2,15,16,18,19)/p+1/t11-/m0/s1. The van der Waals surface area contributed by atoms with Crippen LogP contribution < -0.4 is 15.5 Å². The molecule has 3 amide bonds. The van der Waals surface area contributed by atoms with Gasteiger partial charge < -0.3 is 15.0 Å². The van der Waals surface area contributed by atoms with Gasteiger partial charge in [0, 0.05) is 13.7 Å². The fraction of sp³-hybridized carbons (Fsp3) is 0.571. The van der Waals surface area contributed by atoms with E-state index < -0.39 is 6.03 Å². The van der Waals surface area contributed by atoms with Crippen LogP contribution in [-0.2, 0) is 16.1 Å². The minimum Gasteiger partial charge on any atom is -0.372 e. The number of quaternary nitrogens is 1. The number of ether oxygens (including phenoxy) is 1. The zero-order valence-electron chi connectivity index (χ0n) is 12.2. The van der Waals surface area contributed by atoms with Gasteiger partial charge in [0.2, 0.25) is 0 Å². The fourth-order valence-electron chi connectivity index (χ4n) is 2.45. The van der Waals surface area contributed by atoms with Gasteiger partial charge in [0.15, 0.2) is 6.54 Å². The van der Waals surface area contributed by atoms with Gasteiger partial charge in [0.1, 0.15) is 19.2 Å². The first-order valence-electron chi connectivity index (χ1n) is 7.16. The van der Waals surface area contributed by atoms with E-state index in [4.69, 9.17) is 4.74 Å². The second-order valence-electron chi connectivity index (χ2n) is 5.15. The van der Waals surface area contributed by atoms with Gasteiger partial charge in [0.05, 0.1) is 4.88 Å². The lowest BCUT2D eigenvalue weighted by Crippen LogP contribution is -3.13. The third-order valence-corrected chi connectivity index (χ3v) is 4.31. The van der Waals surface area contributed by atoms with E-state index in [-0.39, 0.29) is 18.6 Å². The van der Waals surface area contributed by atoms with Crippen LogP contribution in [-0.4, -0.2) is 44.8 Å². The largest absolute Gasteiger partial charge is 0.372 e. The Labute approximate surface area is 128 Å². The summed E-state index contributed by atoms with van der Waals surface area (Å²) in [6.07, 6.45) is 2.35. The number of hydrogen-bond acceptors (Lipinski definition) is 4. The maximum Gasteiger partial charge on any atom is 0.321 e. The quantitative estimate of drug-likeness (QED) is 0.679. The minimum absolute atomic E-state index is 0.216. The fourth-order valence-corrected chi connectivity index (χ4v) is 3.23. The Balaban J connectivity index is 1.90. The van der Waals surface area contributed by atoms with Crippen LogP contribution in [0.4, 0.5) is 4.79 Å². The van der Waals surface area contributed by atoms with Crippen molar-refractivity contribution in [1.29, 1.82) is 0 Å². The Morgan fingerprint density at radius 1 is 1.52 bits per heavy atom. The molecule has 1 fully saturated rings. The van der Waals surface area contributed by atoms with Crippen molar-refractivity contribution in [1.82, 2.24) is 10.6 Å². The molecule has 0 spiro atoms. The molecule has 0 saturated carbocycles. The molecule has 116 valence electrons. The van der Waals surface area contributed by atoms with Gasteiger partial charge in [0.25, 0.3) is 5.91 Å². The Hall–Kier alpha value is -1.44. The normalized spacial score (nSPS) is 19.2. The molecule has 7 heteroatoms. The second kappa shape index (κ2) is 8.11. The van der Waals surface area contributed by atoms with E-state index in [0.29, 0.717) is 0 Å². The van der Waals surface area contributed by atoms with Gasteiger partial charge in [-0.2, -0.15) is 0 Å². The summed E-state index contributed by atoms with van der Waals surface area (Å²) in [5.41, 5.74) is 0. The van der Waals surface area contributed by atoms with E-state index in [2.05, 4.69) is 16.7 Å². The van der Waals surface area contributed by atoms with E-state index in [1.807, 2.05) is 11.4 Å². The monoisotopic (exact) mass is 312 g/mol. The lowest BCUT2D eigenvalue weighted by molar-refractivity contribution is -0.908. The molecule has 2 heterocycles. The highest BCUT2D eigenvalue weighted by Gasteiger charge is 2.24. The van der Waals surface area contributed by atoms with Gasteiger partial charge in [-0.25, -0.2) is 4.79 Å². The number of nitrogens with one attached hydrogen (secondary N) is 3. The van der Waals surface area contributed by atoms with E-state index >= 15 is 0 Å². The molecule has 0 bridgehead atoms. The smallest absolute Gasteiger partial charge is 0.321 e. The topological polar surface area (TPSA) is 71.9 Å². The molecule has 1 unspecified atom stereocenters. The molecule has 1 aliphatic heterocycles. The summed E-state index contributed by atoms with van der Waals surface area (Å²) in [6.45, 7) is 2.64. The maximum atomic E-state index is 11.9. The zero-order valence-corrected chi connectivity index (χ0v) is 13.0. The summed E-state index contributed by atoms with van der Waals surface area (Å²) >= 11 is 1.68. The average molecular weight is 312 g/mol. The number of amides is 3. The molecule has 21 heavy (non-hydrogen) atoms. The Morgan fingerprint density at radius 2 is 2.38 bits per heavy atom. The molecule has 2 atom stereocenters. The predicted molar refractivity (Wildman–Crippen MR) is 80.3 cm³/mol. The Kier molecular flexibility index (Phi) is 6.16. The van der Waals surface area contributed by atoms with Gasteiger partial charge in [-0.15, -0.1) is 11.3 Å². The highest BCUT2D eigenvalue weighted by Crippen LogP contribution is 2.10. The number of urea groups is 1. The van der Waals surface area contributed by atoms with Crippen molar-refractivity contribution in [3.8, 4) is 0 Å². The van der Waals surface area contributed by atoms with Crippen molar-refractivity contribution in [3.05, 3.63) is 22.4 Å². The number of carbonyl (C=O) groups excluding carboxylic acids is 2. The molecule has 2 rings (SSSR count). The van der Waals surface area contributed by atoms with Crippen LogP contribution in [0.15, 0.2) is 17.5 Å². The molecule has 1 aliphatic rings. The first kappa shape index (κ1) is 15.9. The molecule has 1 saturated heterocycles. The lowest BCUT2D eigenvalue weighted by atomic mass is 10.2. The summed E-state index contributed by atoms with van der Waals surface area (Å²) in [7, 11) is 1.49. The molecular formula is C14H22N3O3S+. The lowest BCUT2D eigenvalue weighted by Gasteiger charge is -2.21. The van der Waals surface area contributed by atoms with Crippen molar-refractivity contribution < 1.29 is 19.2 Å². The van der Waals surface area contributed by atoms with Gasteiger partial charge in [-0.3, -0.25) is 10.1 Å². The van der Waals surface area contributed by atoms with Crippen molar-refractivity contribution in [2.24, 2.45) is 0 Å². The van der Waals surface area contributed by atoms with Gasteiger partial charge in [-0.1, -0.05) is 6.07 Å². The van der Waals surface area contributed by atoms with Gasteiger partial charge in [-0.05, 0) is 24.3 Å². The maximum absolute atomic E-state index is 11.9. The summed E-state index contributed by atoms with van der Waals surface area (Å²) in [5, 5.41) is 6.73. The molecule has 1 aromatic rings. The number of imide groups is 1. The van der Waals surface area contributed by atoms with E-state index in [0.717, 1.165) is 37.4 Å². The number of rotatable bonds is 6. The van der Waals surface area contributed by atoms with Crippen LogP contribution >= 0.6 is 11.3 Å². The van der Waals surface area contributed by atoms with Crippen LogP contribution in [0.1, 0.15) is 17.7 Å². The van der Waals surface area contributed by atoms with E-state index in [9.17, 15) is 9.59 Å². The van der Waals surface area contributed by atoms with Gasteiger partial charge >= 0.3 is 6.03 Å². The molecule has 6 nitrogen and oxygen atoms in total. The second-order valence-corrected chi connectivity index (χ2v) is 6.18. The Morgan fingerprint density at radius 3 is 3.00 bits per heavy atom. The SMILES string of the molecule is CNC(=O)NC(=O)C[NH+](Cc1cccs1)C[C@@H]1CCCO1. The van der Waals surface area contributed by atoms with Crippen molar-refractivity contribution >= 4 is 23.3 Å². The van der Waals surface area contributed by atoms with Crippen LogP contribution in [0.25, 0.3) is 0 Å². The van der Waals surface area contributed by atoms with E-state index in [1.54, 1.807) is 11.3 Å². The van der Waals surface area contributed by atoms with Crippen LogP contribution in [0.5, 0.6) is 0 Å². The molecule has 1 aromatic heterocycles. The van der Waals surface area contributed by atoms with Crippen molar-refractivity contribution in [2.75, 3.05) is 26.7 Å². The van der Waals surface area contributed by atoms with Crippen LogP contribution in [0.2, 0.25) is 0 Å². The summed E-state index contributed by atoms with van der Waals surface area (Å²) in [5.74, 6) is -0.265. The summed E-state index contributed by atoms with van der Waals surface area (Å²) < 4.78 is 5.66. The van der Waals surface area contributed by atoms with Crippen LogP contribution in [0, 0.1) is 0 Å². The molecular weight excluding hydrogens is 290 g/mol. The molecule has 0 aliphatic carbocycles. The third-order valence-electron chi connectivity index (χ3n) is 3.44. The molecule has 3 N–H and O–H groups in total. The first-order valence-corrected chi connectivity index (χ1v) is 8.04. The molecule has 0 aromatic carbocycles. The highest BCUT2D eigenvalue weighted by molar-refractivity contribution is 7.09. The summed E-state index contributed by atoms with van der Waals surface area (Å²) in [6, 6.07) is 3.61. The predicted octanol–water partition coefficient (Wildman–Crippen LogP) is -0.232. The molecule has 0 radical (unpaired) electrons. The highest BCUT2D eigenvalue weighted by atomic mass is 32.1. The van der Waals surface area contributed by atoms with Crippen molar-refractivity contribution in [3.63, 3.8) is 0 Å². The first-order chi connectivity index (χ1) is 10.2. The zero-order chi connectivity index (χ0) is 15.1.